The largest absolute Gasteiger partial charge is 0.368 e. The minimum atomic E-state index is -4.10. The number of rotatable bonds is 0. The van der Waals surface area contributed by atoms with E-state index in [1.807, 2.05) is 6.08 Å². The van der Waals surface area contributed by atoms with Crippen molar-refractivity contribution in [3.63, 3.8) is 0 Å². The van der Waals surface area contributed by atoms with E-state index in [0.29, 0.717) is 12.3 Å². The van der Waals surface area contributed by atoms with E-state index in [-0.39, 0.29) is 44.5 Å². The van der Waals surface area contributed by atoms with Gasteiger partial charge in [-0.3, -0.25) is 5.92 Å². The molecular formula is C10H12F3Y-. The first kappa shape index (κ1) is 12.7. The second kappa shape index (κ2) is 3.59. The quantitative estimate of drug-likeness (QED) is 0.471. The maximum absolute atomic E-state index is 12.8. The monoisotopic (exact) mass is 278 g/mol. The van der Waals surface area contributed by atoms with Crippen LogP contribution >= 0.6 is 0 Å². The Morgan fingerprint density at radius 3 is 2.21 bits per heavy atom. The Bertz CT molecular complexity index is 259. The predicted octanol–water partition coefficient (Wildman–Crippen LogP) is 3.35. The van der Waals surface area contributed by atoms with Gasteiger partial charge in [0.25, 0.3) is 0 Å². The molecule has 3 atom stereocenters. The van der Waals surface area contributed by atoms with Gasteiger partial charge in [-0.1, -0.05) is 24.8 Å². The van der Waals surface area contributed by atoms with Gasteiger partial charge >= 0.3 is 6.18 Å². The Kier molecular flexibility index (Phi) is 3.25. The number of hydrogen-bond donors (Lipinski definition) is 0. The van der Waals surface area contributed by atoms with Gasteiger partial charge in [-0.25, -0.2) is 0 Å². The minimum absolute atomic E-state index is 0. The SMILES string of the molecule is C[C-]1C2C=CC(C2)C1(C)C(F)(F)F.[Y]. The predicted molar refractivity (Wildman–Crippen MR) is 43.8 cm³/mol. The van der Waals surface area contributed by atoms with Gasteiger partial charge in [-0.15, -0.1) is 12.0 Å². The van der Waals surface area contributed by atoms with Crippen molar-refractivity contribution in [2.45, 2.75) is 26.4 Å². The van der Waals surface area contributed by atoms with E-state index >= 15 is 0 Å². The van der Waals surface area contributed by atoms with E-state index in [1.54, 1.807) is 13.0 Å². The fraction of sp³-hybridized carbons (Fsp3) is 0.700. The van der Waals surface area contributed by atoms with Crippen LogP contribution in [-0.4, -0.2) is 6.18 Å². The molecule has 0 spiro atoms. The topological polar surface area (TPSA) is 0 Å². The molecule has 0 heterocycles. The molecule has 14 heavy (non-hydrogen) atoms. The van der Waals surface area contributed by atoms with Crippen LogP contribution in [0.4, 0.5) is 13.2 Å². The zero-order valence-electron chi connectivity index (χ0n) is 8.23. The summed E-state index contributed by atoms with van der Waals surface area (Å²) in [5, 5.41) is 0. The zero-order chi connectivity index (χ0) is 9.85. The first-order valence-electron chi connectivity index (χ1n) is 4.46. The van der Waals surface area contributed by atoms with Crippen molar-refractivity contribution in [2.75, 3.05) is 0 Å². The van der Waals surface area contributed by atoms with Gasteiger partial charge in [0.1, 0.15) is 0 Å². The summed E-state index contributed by atoms with van der Waals surface area (Å²) in [5.74, 6) is 0.335. The summed E-state index contributed by atoms with van der Waals surface area (Å²) in [4.78, 5) is 0. The Balaban J connectivity index is 0.000000980. The fourth-order valence-electron chi connectivity index (χ4n) is 2.56. The van der Waals surface area contributed by atoms with Crippen LogP contribution in [-0.2, 0) is 32.7 Å². The summed E-state index contributed by atoms with van der Waals surface area (Å²) in [7, 11) is 0. The minimum Gasteiger partial charge on any atom is -0.295 e. The molecule has 2 rings (SSSR count). The van der Waals surface area contributed by atoms with Crippen molar-refractivity contribution in [3.05, 3.63) is 18.1 Å². The molecule has 77 valence electrons. The molecular weight excluding hydrogens is 266 g/mol. The van der Waals surface area contributed by atoms with Crippen molar-refractivity contribution >= 4 is 0 Å². The number of hydrogen-bond acceptors (Lipinski definition) is 0. The zero-order valence-corrected chi connectivity index (χ0v) is 11.1. The van der Waals surface area contributed by atoms with Gasteiger partial charge in [0.05, 0.1) is 0 Å². The molecule has 1 saturated carbocycles. The van der Waals surface area contributed by atoms with Crippen LogP contribution in [0.1, 0.15) is 20.3 Å². The Hall–Kier alpha value is 0.634. The Morgan fingerprint density at radius 1 is 1.36 bits per heavy atom. The van der Waals surface area contributed by atoms with Crippen molar-refractivity contribution in [1.29, 1.82) is 0 Å². The average molecular weight is 278 g/mol. The summed E-state index contributed by atoms with van der Waals surface area (Å²) < 4.78 is 38.4. The summed E-state index contributed by atoms with van der Waals surface area (Å²) in [5.41, 5.74) is -1.56. The normalized spacial score (nSPS) is 41.5. The Labute approximate surface area is 107 Å². The van der Waals surface area contributed by atoms with Crippen LogP contribution in [0.15, 0.2) is 12.2 Å². The molecule has 2 bridgehead atoms. The number of fused-ring (bicyclic) bond motifs is 2. The number of halogens is 3. The molecule has 0 aromatic rings. The first-order chi connectivity index (χ1) is 5.87. The van der Waals surface area contributed by atoms with E-state index in [1.165, 1.54) is 6.92 Å². The molecule has 0 N–H and O–H groups in total. The van der Waals surface area contributed by atoms with Crippen LogP contribution in [0.25, 0.3) is 0 Å². The third-order valence-electron chi connectivity index (χ3n) is 3.79. The first-order valence-corrected chi connectivity index (χ1v) is 4.46. The second-order valence-corrected chi connectivity index (χ2v) is 4.22. The van der Waals surface area contributed by atoms with Crippen LogP contribution in [0.3, 0.4) is 0 Å². The van der Waals surface area contributed by atoms with Crippen molar-refractivity contribution < 1.29 is 45.9 Å². The molecule has 0 amide bonds. The summed E-state index contributed by atoms with van der Waals surface area (Å²) >= 11 is 0. The van der Waals surface area contributed by atoms with Crippen LogP contribution in [0.2, 0.25) is 0 Å². The number of allylic oxidation sites excluding steroid dienone is 2. The molecule has 0 saturated heterocycles. The van der Waals surface area contributed by atoms with Gasteiger partial charge < -0.3 is 0 Å². The van der Waals surface area contributed by atoms with E-state index < -0.39 is 11.6 Å². The van der Waals surface area contributed by atoms with Crippen molar-refractivity contribution in [1.82, 2.24) is 0 Å². The maximum atomic E-state index is 12.8. The van der Waals surface area contributed by atoms with Crippen molar-refractivity contribution in [3.8, 4) is 0 Å². The molecule has 0 aliphatic heterocycles. The van der Waals surface area contributed by atoms with Gasteiger partial charge in [-0.2, -0.15) is 20.1 Å². The number of alkyl halides is 3. The molecule has 0 aromatic carbocycles. The van der Waals surface area contributed by atoms with Gasteiger partial charge in [0.2, 0.25) is 0 Å². The van der Waals surface area contributed by atoms with Gasteiger partial charge in [0.15, 0.2) is 0 Å². The van der Waals surface area contributed by atoms with E-state index in [2.05, 4.69) is 0 Å². The van der Waals surface area contributed by atoms with Crippen molar-refractivity contribution in [2.24, 2.45) is 17.3 Å². The Morgan fingerprint density at radius 2 is 1.93 bits per heavy atom. The summed E-state index contributed by atoms with van der Waals surface area (Å²) in [6.45, 7) is 2.97. The van der Waals surface area contributed by atoms with Gasteiger partial charge in [-0.05, 0) is 5.92 Å². The van der Waals surface area contributed by atoms with Gasteiger partial charge in [0, 0.05) is 32.7 Å². The van der Waals surface area contributed by atoms with Crippen LogP contribution in [0.5, 0.6) is 0 Å². The molecule has 4 heteroatoms. The van der Waals surface area contributed by atoms with Crippen LogP contribution in [0, 0.1) is 23.2 Å². The standard InChI is InChI=1S/C10H12F3.Y/c1-6-7-3-4-8(5-7)9(6,2)10(11,12)13;/h3-4,7-8H,5H2,1-2H3;/q-1;. The molecule has 2 aliphatic rings. The smallest absolute Gasteiger partial charge is 0.295 e. The second-order valence-electron chi connectivity index (χ2n) is 4.22. The third kappa shape index (κ3) is 1.43. The van der Waals surface area contributed by atoms with Crippen LogP contribution < -0.4 is 0 Å². The fourth-order valence-corrected chi connectivity index (χ4v) is 2.56. The summed E-state index contributed by atoms with van der Waals surface area (Å²) in [6, 6.07) is 0. The molecule has 1 fully saturated rings. The molecule has 0 nitrogen and oxygen atoms in total. The van der Waals surface area contributed by atoms with E-state index in [9.17, 15) is 13.2 Å². The molecule has 2 aliphatic carbocycles. The molecule has 1 radical (unpaired) electrons. The molecule has 0 aromatic heterocycles. The van der Waals surface area contributed by atoms with E-state index in [0.717, 1.165) is 0 Å². The third-order valence-corrected chi connectivity index (χ3v) is 3.79. The molecule has 3 unspecified atom stereocenters. The van der Waals surface area contributed by atoms with E-state index in [4.69, 9.17) is 0 Å². The average Bonchev–Trinajstić information content (AvgIpc) is 2.53. The summed E-state index contributed by atoms with van der Waals surface area (Å²) in [6.07, 6.45) is 0.196. The maximum Gasteiger partial charge on any atom is 0.368 e.